The fourth-order valence-electron chi connectivity index (χ4n) is 4.07. The molecule has 2 aromatic carbocycles. The van der Waals surface area contributed by atoms with E-state index in [0.29, 0.717) is 67.2 Å². The molecule has 0 bridgehead atoms. The molecule has 34 heavy (non-hydrogen) atoms. The number of hydrogen-bond donors (Lipinski definition) is 0. The third-order valence-corrected chi connectivity index (χ3v) is 6.22. The normalized spacial score (nSPS) is 17.5. The Morgan fingerprint density at radius 1 is 0.971 bits per heavy atom. The summed E-state index contributed by atoms with van der Waals surface area (Å²) in [6.07, 6.45) is 1.70. The quantitative estimate of drug-likeness (QED) is 0.555. The van der Waals surface area contributed by atoms with E-state index in [0.717, 1.165) is 5.56 Å². The Morgan fingerprint density at radius 2 is 1.68 bits per heavy atom. The van der Waals surface area contributed by atoms with Crippen molar-refractivity contribution in [3.63, 3.8) is 0 Å². The predicted octanol–water partition coefficient (Wildman–Crippen LogP) is 3.44. The fourth-order valence-corrected chi connectivity index (χ4v) is 4.19. The summed E-state index contributed by atoms with van der Waals surface area (Å²) in [6, 6.07) is 14.6. The van der Waals surface area contributed by atoms with Crippen LogP contribution in [0.25, 0.3) is 11.3 Å². The van der Waals surface area contributed by atoms with E-state index < -0.39 is 6.10 Å². The van der Waals surface area contributed by atoms with Gasteiger partial charge in [0.1, 0.15) is 6.61 Å². The summed E-state index contributed by atoms with van der Waals surface area (Å²) in [7, 11) is 0. The first-order valence-corrected chi connectivity index (χ1v) is 11.6. The number of ether oxygens (including phenoxy) is 2. The number of halogens is 1. The molecule has 0 spiro atoms. The molecular weight excluding hydrogens is 458 g/mol. The highest BCUT2D eigenvalue weighted by Gasteiger charge is 2.33. The second-order valence-electron chi connectivity index (χ2n) is 8.20. The Morgan fingerprint density at radius 3 is 2.44 bits per heavy atom. The molecule has 5 rings (SSSR count). The van der Waals surface area contributed by atoms with Crippen LogP contribution in [0.3, 0.4) is 0 Å². The van der Waals surface area contributed by atoms with Gasteiger partial charge in [-0.3, -0.25) is 9.59 Å². The summed E-state index contributed by atoms with van der Waals surface area (Å²) in [5, 5.41) is 0.654. The van der Waals surface area contributed by atoms with Gasteiger partial charge in [-0.15, -0.1) is 0 Å². The van der Waals surface area contributed by atoms with Crippen LogP contribution >= 0.6 is 11.6 Å². The van der Waals surface area contributed by atoms with Gasteiger partial charge >= 0.3 is 0 Å². The third kappa shape index (κ3) is 4.87. The molecule has 3 aromatic rings. The Bertz CT molecular complexity index is 1170. The van der Waals surface area contributed by atoms with Crippen LogP contribution in [0.5, 0.6) is 11.5 Å². The smallest absolute Gasteiger partial charge is 0.267 e. The predicted molar refractivity (Wildman–Crippen MR) is 125 cm³/mol. The van der Waals surface area contributed by atoms with Crippen LogP contribution in [0, 0.1) is 0 Å². The van der Waals surface area contributed by atoms with Crippen molar-refractivity contribution < 1.29 is 23.5 Å². The summed E-state index contributed by atoms with van der Waals surface area (Å²) < 4.78 is 17.3. The van der Waals surface area contributed by atoms with Crippen molar-refractivity contribution in [1.29, 1.82) is 0 Å². The minimum atomic E-state index is -0.669. The minimum Gasteiger partial charge on any atom is -0.485 e. The van der Waals surface area contributed by atoms with Gasteiger partial charge in [0.25, 0.3) is 5.91 Å². The van der Waals surface area contributed by atoms with Crippen molar-refractivity contribution in [3.8, 4) is 22.8 Å². The molecule has 2 amide bonds. The molecule has 9 heteroatoms. The maximum atomic E-state index is 12.9. The van der Waals surface area contributed by atoms with E-state index in [1.54, 1.807) is 34.2 Å². The van der Waals surface area contributed by atoms with Gasteiger partial charge in [0.2, 0.25) is 12.0 Å². The number of fused-ring (bicyclic) bond motifs is 1. The number of aryl methyl sites for hydroxylation is 1. The number of aromatic nitrogens is 1. The zero-order chi connectivity index (χ0) is 23.5. The summed E-state index contributed by atoms with van der Waals surface area (Å²) in [4.78, 5) is 33.4. The molecule has 0 aliphatic carbocycles. The number of amides is 2. The number of nitrogens with zero attached hydrogens (tertiary/aromatic N) is 3. The Balaban J connectivity index is 1.09. The second-order valence-corrected chi connectivity index (χ2v) is 8.63. The molecular formula is C25H24ClN3O5. The monoisotopic (exact) mass is 481 g/mol. The highest BCUT2D eigenvalue weighted by atomic mass is 35.5. The SMILES string of the molecule is O=C(CCc1ncc(-c2ccc(Cl)cc2)o1)N1CCN(C(=O)C2COc3ccccc3O2)CC1. The van der Waals surface area contributed by atoms with Gasteiger partial charge in [-0.1, -0.05) is 23.7 Å². The van der Waals surface area contributed by atoms with E-state index in [2.05, 4.69) is 4.98 Å². The zero-order valence-electron chi connectivity index (χ0n) is 18.5. The van der Waals surface area contributed by atoms with Gasteiger partial charge in [0.15, 0.2) is 23.1 Å². The van der Waals surface area contributed by atoms with Gasteiger partial charge in [0.05, 0.1) is 6.20 Å². The average molecular weight is 482 g/mol. The molecule has 176 valence electrons. The second kappa shape index (κ2) is 9.77. The number of carbonyl (C=O) groups excluding carboxylic acids is 2. The fraction of sp³-hybridized carbons (Fsp3) is 0.320. The van der Waals surface area contributed by atoms with Gasteiger partial charge in [0, 0.05) is 49.6 Å². The topological polar surface area (TPSA) is 85.1 Å². The summed E-state index contributed by atoms with van der Waals surface area (Å²) in [5.41, 5.74) is 0.881. The Labute approximate surface area is 202 Å². The van der Waals surface area contributed by atoms with Crippen LogP contribution in [0.2, 0.25) is 5.02 Å². The first-order chi connectivity index (χ1) is 16.6. The molecule has 1 atom stereocenters. The first kappa shape index (κ1) is 22.3. The summed E-state index contributed by atoms with van der Waals surface area (Å²) in [6.45, 7) is 2.08. The zero-order valence-corrected chi connectivity index (χ0v) is 19.2. The molecule has 1 unspecified atom stereocenters. The highest BCUT2D eigenvalue weighted by Crippen LogP contribution is 2.31. The van der Waals surface area contributed by atoms with Crippen LogP contribution in [0.15, 0.2) is 59.1 Å². The third-order valence-electron chi connectivity index (χ3n) is 5.96. The molecule has 8 nitrogen and oxygen atoms in total. The summed E-state index contributed by atoms with van der Waals surface area (Å²) in [5.74, 6) is 2.28. The molecule has 1 aromatic heterocycles. The van der Waals surface area contributed by atoms with E-state index in [9.17, 15) is 9.59 Å². The molecule has 1 fully saturated rings. The maximum Gasteiger partial charge on any atom is 0.267 e. The van der Waals surface area contributed by atoms with E-state index in [4.69, 9.17) is 25.5 Å². The van der Waals surface area contributed by atoms with Crippen molar-refractivity contribution >= 4 is 23.4 Å². The summed E-state index contributed by atoms with van der Waals surface area (Å²) >= 11 is 5.93. The van der Waals surface area contributed by atoms with Gasteiger partial charge in [-0.25, -0.2) is 4.98 Å². The molecule has 0 radical (unpaired) electrons. The number of carbonyl (C=O) groups is 2. The number of benzene rings is 2. The molecule has 2 aliphatic rings. The Hall–Kier alpha value is -3.52. The standard InChI is InChI=1S/C25H24ClN3O5/c26-18-7-5-17(6-8-18)21-15-27-23(34-21)9-10-24(30)28-11-13-29(14-12-28)25(31)22-16-32-19-3-1-2-4-20(19)33-22/h1-8,15,22H,9-14,16H2. The van der Waals surface area contributed by atoms with E-state index in [1.807, 2.05) is 30.3 Å². The van der Waals surface area contributed by atoms with Crippen LogP contribution in [0.4, 0.5) is 0 Å². The lowest BCUT2D eigenvalue weighted by atomic mass is 10.2. The maximum absolute atomic E-state index is 12.9. The van der Waals surface area contributed by atoms with Crippen LogP contribution in [-0.4, -0.2) is 65.5 Å². The number of para-hydroxylation sites is 2. The van der Waals surface area contributed by atoms with Crippen LogP contribution < -0.4 is 9.47 Å². The van der Waals surface area contributed by atoms with E-state index >= 15 is 0 Å². The lowest BCUT2D eigenvalue weighted by Crippen LogP contribution is -2.55. The number of hydrogen-bond acceptors (Lipinski definition) is 6. The molecule has 3 heterocycles. The highest BCUT2D eigenvalue weighted by molar-refractivity contribution is 6.30. The van der Waals surface area contributed by atoms with Crippen molar-refractivity contribution in [3.05, 3.63) is 65.6 Å². The van der Waals surface area contributed by atoms with Crippen LogP contribution in [-0.2, 0) is 16.0 Å². The van der Waals surface area contributed by atoms with Crippen molar-refractivity contribution in [1.82, 2.24) is 14.8 Å². The lowest BCUT2D eigenvalue weighted by Gasteiger charge is -2.37. The average Bonchev–Trinajstić information content (AvgIpc) is 3.36. The van der Waals surface area contributed by atoms with Crippen molar-refractivity contribution in [2.24, 2.45) is 0 Å². The molecule has 1 saturated heterocycles. The Kier molecular flexibility index (Phi) is 6.40. The minimum absolute atomic E-state index is 0.0181. The number of oxazole rings is 1. The molecule has 2 aliphatic heterocycles. The van der Waals surface area contributed by atoms with Crippen molar-refractivity contribution in [2.75, 3.05) is 32.8 Å². The van der Waals surface area contributed by atoms with Gasteiger partial charge in [-0.2, -0.15) is 0 Å². The number of rotatable bonds is 5. The molecule has 0 N–H and O–H groups in total. The van der Waals surface area contributed by atoms with E-state index in [-0.39, 0.29) is 18.4 Å². The lowest BCUT2D eigenvalue weighted by molar-refractivity contribution is -0.146. The largest absolute Gasteiger partial charge is 0.485 e. The molecule has 0 saturated carbocycles. The van der Waals surface area contributed by atoms with Crippen LogP contribution in [0.1, 0.15) is 12.3 Å². The van der Waals surface area contributed by atoms with E-state index in [1.165, 1.54) is 0 Å². The van der Waals surface area contributed by atoms with Gasteiger partial charge < -0.3 is 23.7 Å². The first-order valence-electron chi connectivity index (χ1n) is 11.2. The van der Waals surface area contributed by atoms with Gasteiger partial charge in [-0.05, 0) is 36.4 Å². The number of piperazine rings is 1. The van der Waals surface area contributed by atoms with Crippen molar-refractivity contribution in [2.45, 2.75) is 18.9 Å².